The second-order valence-corrected chi connectivity index (χ2v) is 6.30. The second kappa shape index (κ2) is 9.02. The number of carboxylic acid groups (broad SMARTS) is 1. The highest BCUT2D eigenvalue weighted by Crippen LogP contribution is 2.35. The summed E-state index contributed by atoms with van der Waals surface area (Å²) in [6.45, 7) is 2.95. The molecule has 0 heterocycles. The zero-order chi connectivity index (χ0) is 20.7. The zero-order valence-corrected chi connectivity index (χ0v) is 15.7. The number of carbonyl (C=O) groups is 2. The average Bonchev–Trinajstić information content (AvgIpc) is 2.71. The standard InChI is InChI=1S/C21H22N2O5/c1-3-18(25)15-6-9-19(28-11-10-24)17(12-15)21(2,20(26)27)23-16-7-4-14(13-22)5-8-16/h4-9,12,23-24H,3,10-11H2,1-2H3,(H,26,27). The van der Waals surface area contributed by atoms with Crippen LogP contribution in [-0.4, -0.2) is 35.2 Å². The van der Waals surface area contributed by atoms with Gasteiger partial charge in [-0.3, -0.25) is 4.79 Å². The Hall–Kier alpha value is -3.37. The number of benzene rings is 2. The molecule has 0 aromatic heterocycles. The lowest BCUT2D eigenvalue weighted by Gasteiger charge is -2.30. The van der Waals surface area contributed by atoms with E-state index in [1.54, 1.807) is 37.3 Å². The number of nitrogens with zero attached hydrogens (tertiary/aromatic N) is 1. The molecule has 0 bridgehead atoms. The van der Waals surface area contributed by atoms with Crippen molar-refractivity contribution in [2.24, 2.45) is 0 Å². The lowest BCUT2D eigenvalue weighted by molar-refractivity contribution is -0.142. The van der Waals surface area contributed by atoms with Gasteiger partial charge < -0.3 is 20.3 Å². The van der Waals surface area contributed by atoms with E-state index in [1.165, 1.54) is 19.1 Å². The predicted octanol–water partition coefficient (Wildman–Crippen LogP) is 2.93. The Bertz CT molecular complexity index is 902. The monoisotopic (exact) mass is 382 g/mol. The lowest BCUT2D eigenvalue weighted by Crippen LogP contribution is -2.41. The molecule has 7 heteroatoms. The highest BCUT2D eigenvalue weighted by molar-refractivity contribution is 5.97. The van der Waals surface area contributed by atoms with Gasteiger partial charge in [-0.1, -0.05) is 6.92 Å². The van der Waals surface area contributed by atoms with E-state index >= 15 is 0 Å². The summed E-state index contributed by atoms with van der Waals surface area (Å²) in [7, 11) is 0. The molecular weight excluding hydrogens is 360 g/mol. The van der Waals surface area contributed by atoms with Crippen LogP contribution < -0.4 is 10.1 Å². The molecule has 3 N–H and O–H groups in total. The molecule has 2 aromatic carbocycles. The number of anilines is 1. The van der Waals surface area contributed by atoms with Crippen molar-refractivity contribution < 1.29 is 24.5 Å². The molecule has 7 nitrogen and oxygen atoms in total. The summed E-state index contributed by atoms with van der Waals surface area (Å²) < 4.78 is 5.52. The molecule has 0 fully saturated rings. The largest absolute Gasteiger partial charge is 0.491 e. The van der Waals surface area contributed by atoms with Crippen LogP contribution >= 0.6 is 0 Å². The minimum absolute atomic E-state index is 0.0133. The molecule has 28 heavy (non-hydrogen) atoms. The number of nitriles is 1. The third kappa shape index (κ3) is 4.48. The summed E-state index contributed by atoms with van der Waals surface area (Å²) in [5.41, 5.74) is -0.0439. The van der Waals surface area contributed by atoms with Gasteiger partial charge >= 0.3 is 5.97 Å². The van der Waals surface area contributed by atoms with Gasteiger partial charge in [-0.25, -0.2) is 4.79 Å². The number of rotatable bonds is 9. The molecule has 2 rings (SSSR count). The van der Waals surface area contributed by atoms with Crippen molar-refractivity contribution >= 4 is 17.4 Å². The van der Waals surface area contributed by atoms with E-state index < -0.39 is 11.5 Å². The molecule has 0 saturated heterocycles. The molecule has 0 aliphatic carbocycles. The number of carboxylic acids is 1. The molecule has 0 saturated carbocycles. The molecular formula is C21H22N2O5. The molecule has 1 atom stereocenters. The number of aliphatic hydroxyl groups excluding tert-OH is 1. The SMILES string of the molecule is CCC(=O)c1ccc(OCCO)c(C(C)(Nc2ccc(C#N)cc2)C(=O)O)c1. The summed E-state index contributed by atoms with van der Waals surface area (Å²) in [4.78, 5) is 24.4. The highest BCUT2D eigenvalue weighted by Gasteiger charge is 2.38. The van der Waals surface area contributed by atoms with Gasteiger partial charge in [-0.15, -0.1) is 0 Å². The molecule has 0 amide bonds. The normalized spacial score (nSPS) is 12.5. The van der Waals surface area contributed by atoms with Gasteiger partial charge in [0, 0.05) is 23.2 Å². The van der Waals surface area contributed by atoms with E-state index in [0.717, 1.165) is 0 Å². The molecule has 1 unspecified atom stereocenters. The molecule has 0 spiro atoms. The van der Waals surface area contributed by atoms with Gasteiger partial charge in [0.1, 0.15) is 12.4 Å². The van der Waals surface area contributed by atoms with Crippen LogP contribution in [0.1, 0.15) is 41.8 Å². The van der Waals surface area contributed by atoms with Crippen LogP contribution in [0.15, 0.2) is 42.5 Å². The number of aliphatic hydroxyl groups is 1. The third-order valence-corrected chi connectivity index (χ3v) is 4.35. The van der Waals surface area contributed by atoms with Gasteiger partial charge in [-0.2, -0.15) is 5.26 Å². The number of ether oxygens (including phenoxy) is 1. The minimum Gasteiger partial charge on any atom is -0.491 e. The third-order valence-electron chi connectivity index (χ3n) is 4.35. The van der Waals surface area contributed by atoms with E-state index in [1.807, 2.05) is 6.07 Å². The molecule has 146 valence electrons. The zero-order valence-electron chi connectivity index (χ0n) is 15.7. The van der Waals surface area contributed by atoms with Gasteiger partial charge in [0.25, 0.3) is 0 Å². The highest BCUT2D eigenvalue weighted by atomic mass is 16.5. The fourth-order valence-electron chi connectivity index (χ4n) is 2.73. The number of hydrogen-bond donors (Lipinski definition) is 3. The van der Waals surface area contributed by atoms with Gasteiger partial charge in [0.2, 0.25) is 0 Å². The maximum atomic E-state index is 12.2. The maximum absolute atomic E-state index is 12.2. The number of ketones is 1. The van der Waals surface area contributed by atoms with Crippen molar-refractivity contribution in [3.63, 3.8) is 0 Å². The van der Waals surface area contributed by atoms with Crippen LogP contribution in [0.25, 0.3) is 0 Å². The fourth-order valence-corrected chi connectivity index (χ4v) is 2.73. The summed E-state index contributed by atoms with van der Waals surface area (Å²) in [5.74, 6) is -1.04. The summed E-state index contributed by atoms with van der Waals surface area (Å²) in [5, 5.41) is 30.9. The van der Waals surface area contributed by atoms with Crippen molar-refractivity contribution in [1.29, 1.82) is 5.26 Å². The second-order valence-electron chi connectivity index (χ2n) is 6.30. The Morgan fingerprint density at radius 3 is 2.43 bits per heavy atom. The summed E-state index contributed by atoms with van der Waals surface area (Å²) in [6, 6.07) is 13.0. The van der Waals surface area contributed by atoms with Crippen LogP contribution in [0.2, 0.25) is 0 Å². The Kier molecular flexibility index (Phi) is 6.74. The Labute approximate surface area is 163 Å². The number of nitrogens with one attached hydrogen (secondary N) is 1. The van der Waals surface area contributed by atoms with Crippen molar-refractivity contribution in [2.75, 3.05) is 18.5 Å². The maximum Gasteiger partial charge on any atom is 0.333 e. The first kappa shape index (κ1) is 20.9. The van der Waals surface area contributed by atoms with E-state index in [4.69, 9.17) is 15.1 Å². The lowest BCUT2D eigenvalue weighted by atomic mass is 9.88. The first-order valence-corrected chi connectivity index (χ1v) is 8.78. The number of carbonyl (C=O) groups excluding carboxylic acids is 1. The summed E-state index contributed by atoms with van der Waals surface area (Å²) in [6.07, 6.45) is 0.281. The topological polar surface area (TPSA) is 120 Å². The first-order valence-electron chi connectivity index (χ1n) is 8.78. The average molecular weight is 382 g/mol. The molecule has 0 aliphatic rings. The molecule has 0 aliphatic heterocycles. The van der Waals surface area contributed by atoms with Crippen molar-refractivity contribution in [2.45, 2.75) is 25.8 Å². The summed E-state index contributed by atoms with van der Waals surface area (Å²) >= 11 is 0. The van der Waals surface area contributed by atoms with Gasteiger partial charge in [0.05, 0.1) is 18.2 Å². The van der Waals surface area contributed by atoms with Crippen LogP contribution in [-0.2, 0) is 10.3 Å². The van der Waals surface area contributed by atoms with E-state index in [9.17, 15) is 14.7 Å². The van der Waals surface area contributed by atoms with E-state index in [2.05, 4.69) is 5.32 Å². The van der Waals surface area contributed by atoms with Crippen LogP contribution in [0, 0.1) is 11.3 Å². The van der Waals surface area contributed by atoms with Gasteiger partial charge in [-0.05, 0) is 49.4 Å². The fraction of sp³-hybridized carbons (Fsp3) is 0.286. The predicted molar refractivity (Wildman–Crippen MR) is 103 cm³/mol. The number of aliphatic carboxylic acids is 1. The van der Waals surface area contributed by atoms with Crippen molar-refractivity contribution in [1.82, 2.24) is 0 Å². The van der Waals surface area contributed by atoms with Crippen molar-refractivity contribution in [3.8, 4) is 11.8 Å². The Morgan fingerprint density at radius 2 is 1.89 bits per heavy atom. The van der Waals surface area contributed by atoms with E-state index in [0.29, 0.717) is 16.8 Å². The quantitative estimate of drug-likeness (QED) is 0.570. The first-order chi connectivity index (χ1) is 13.3. The molecule has 0 radical (unpaired) electrons. The van der Waals surface area contributed by atoms with Gasteiger partial charge in [0.15, 0.2) is 11.3 Å². The Morgan fingerprint density at radius 1 is 1.21 bits per heavy atom. The number of Topliss-reactive ketones (excluding diaryl/α,β-unsaturated/α-hetero) is 1. The number of hydrogen-bond acceptors (Lipinski definition) is 6. The van der Waals surface area contributed by atoms with Crippen molar-refractivity contribution in [3.05, 3.63) is 59.2 Å². The van der Waals surface area contributed by atoms with E-state index in [-0.39, 0.29) is 36.7 Å². The minimum atomic E-state index is -1.62. The van der Waals surface area contributed by atoms with Crippen LogP contribution in [0.3, 0.4) is 0 Å². The Balaban J connectivity index is 2.55. The smallest absolute Gasteiger partial charge is 0.333 e. The van der Waals surface area contributed by atoms with Crippen LogP contribution in [0.5, 0.6) is 5.75 Å². The molecule has 2 aromatic rings. The van der Waals surface area contributed by atoms with Crippen LogP contribution in [0.4, 0.5) is 5.69 Å².